The lowest BCUT2D eigenvalue weighted by molar-refractivity contribution is 0.153. The molecule has 4 heteroatoms. The minimum Gasteiger partial charge on any atom is -0.490 e. The predicted molar refractivity (Wildman–Crippen MR) is 84.3 cm³/mol. The molecule has 0 amide bonds. The second kappa shape index (κ2) is 7.14. The van der Waals surface area contributed by atoms with Gasteiger partial charge < -0.3 is 19.3 Å². The zero-order chi connectivity index (χ0) is 14.5. The van der Waals surface area contributed by atoms with Gasteiger partial charge in [-0.1, -0.05) is 6.07 Å². The summed E-state index contributed by atoms with van der Waals surface area (Å²) in [6.07, 6.45) is 3.29. The lowest BCUT2D eigenvalue weighted by Crippen LogP contribution is -2.44. The van der Waals surface area contributed by atoms with Gasteiger partial charge in [-0.05, 0) is 44.1 Å². The van der Waals surface area contributed by atoms with E-state index < -0.39 is 0 Å². The number of fused-ring (bicyclic) bond motifs is 1. The standard InChI is InChI=1S/C17H26N2O2/c1-18-8-10-19(11-9-18)7-2-4-15-5-6-16-17(14-15)21-13-3-12-20-16/h5-6,14H,2-4,7-13H2,1H3. The van der Waals surface area contributed by atoms with Crippen LogP contribution in [0.1, 0.15) is 18.4 Å². The van der Waals surface area contributed by atoms with Gasteiger partial charge in [0.15, 0.2) is 11.5 Å². The predicted octanol–water partition coefficient (Wildman–Crippen LogP) is 2.03. The number of ether oxygens (including phenoxy) is 2. The highest BCUT2D eigenvalue weighted by Crippen LogP contribution is 2.30. The van der Waals surface area contributed by atoms with E-state index in [0.717, 1.165) is 37.6 Å². The van der Waals surface area contributed by atoms with Crippen molar-refractivity contribution < 1.29 is 9.47 Å². The Bertz CT molecular complexity index is 456. The monoisotopic (exact) mass is 290 g/mol. The molecule has 2 aliphatic heterocycles. The second-order valence-electron chi connectivity index (χ2n) is 6.08. The van der Waals surface area contributed by atoms with E-state index >= 15 is 0 Å². The zero-order valence-corrected chi connectivity index (χ0v) is 13.0. The number of nitrogens with zero attached hydrogens (tertiary/aromatic N) is 2. The van der Waals surface area contributed by atoms with Gasteiger partial charge in [0.2, 0.25) is 0 Å². The Morgan fingerprint density at radius 2 is 1.76 bits per heavy atom. The summed E-state index contributed by atoms with van der Waals surface area (Å²) < 4.78 is 11.4. The minimum absolute atomic E-state index is 0.760. The molecule has 21 heavy (non-hydrogen) atoms. The van der Waals surface area contributed by atoms with Crippen LogP contribution < -0.4 is 9.47 Å². The van der Waals surface area contributed by atoms with Crippen molar-refractivity contribution in [1.29, 1.82) is 0 Å². The van der Waals surface area contributed by atoms with Crippen molar-refractivity contribution in [2.45, 2.75) is 19.3 Å². The molecule has 116 valence electrons. The van der Waals surface area contributed by atoms with Gasteiger partial charge in [0.05, 0.1) is 13.2 Å². The quantitative estimate of drug-likeness (QED) is 0.847. The summed E-state index contributed by atoms with van der Waals surface area (Å²) in [5.41, 5.74) is 1.35. The van der Waals surface area contributed by atoms with Crippen LogP contribution >= 0.6 is 0 Å². The van der Waals surface area contributed by atoms with Crippen LogP contribution in [0.5, 0.6) is 11.5 Å². The average molecular weight is 290 g/mol. The van der Waals surface area contributed by atoms with Crippen LogP contribution in [0, 0.1) is 0 Å². The normalized spacial score (nSPS) is 20.2. The van der Waals surface area contributed by atoms with Crippen LogP contribution in [-0.4, -0.2) is 62.8 Å². The Morgan fingerprint density at radius 1 is 1.00 bits per heavy atom. The molecule has 0 unspecified atom stereocenters. The van der Waals surface area contributed by atoms with E-state index in [2.05, 4.69) is 35.0 Å². The number of hydrogen-bond acceptors (Lipinski definition) is 4. The van der Waals surface area contributed by atoms with Gasteiger partial charge in [-0.3, -0.25) is 0 Å². The van der Waals surface area contributed by atoms with Crippen LogP contribution in [0.4, 0.5) is 0 Å². The lowest BCUT2D eigenvalue weighted by Gasteiger charge is -2.32. The van der Waals surface area contributed by atoms with Crippen LogP contribution in [0.15, 0.2) is 18.2 Å². The Balaban J connectivity index is 1.48. The van der Waals surface area contributed by atoms with Crippen molar-refractivity contribution in [3.63, 3.8) is 0 Å². The van der Waals surface area contributed by atoms with Crippen LogP contribution in [0.3, 0.4) is 0 Å². The van der Waals surface area contributed by atoms with E-state index in [0.29, 0.717) is 0 Å². The summed E-state index contributed by atoms with van der Waals surface area (Å²) in [5, 5.41) is 0. The number of benzene rings is 1. The highest BCUT2D eigenvalue weighted by atomic mass is 16.5. The summed E-state index contributed by atoms with van der Waals surface area (Å²) in [7, 11) is 2.20. The summed E-state index contributed by atoms with van der Waals surface area (Å²) in [5.74, 6) is 1.82. The first kappa shape index (κ1) is 14.7. The van der Waals surface area contributed by atoms with Crippen molar-refractivity contribution in [2.24, 2.45) is 0 Å². The molecule has 1 aromatic rings. The van der Waals surface area contributed by atoms with Gasteiger partial charge in [0.1, 0.15) is 0 Å². The summed E-state index contributed by atoms with van der Waals surface area (Å²) >= 11 is 0. The Kier molecular flexibility index (Phi) is 4.99. The van der Waals surface area contributed by atoms with E-state index in [4.69, 9.17) is 9.47 Å². The molecule has 1 aromatic carbocycles. The molecule has 3 rings (SSSR count). The first-order chi connectivity index (χ1) is 10.3. The highest BCUT2D eigenvalue weighted by molar-refractivity contribution is 5.43. The fourth-order valence-electron chi connectivity index (χ4n) is 2.94. The molecule has 1 fully saturated rings. The van der Waals surface area contributed by atoms with Crippen molar-refractivity contribution >= 4 is 0 Å². The molecule has 2 aliphatic rings. The first-order valence-electron chi connectivity index (χ1n) is 8.11. The third kappa shape index (κ3) is 4.11. The third-order valence-electron chi connectivity index (χ3n) is 4.35. The minimum atomic E-state index is 0.760. The maximum absolute atomic E-state index is 5.76. The molecule has 4 nitrogen and oxygen atoms in total. The summed E-state index contributed by atoms with van der Waals surface area (Å²) in [4.78, 5) is 4.98. The van der Waals surface area contributed by atoms with Crippen molar-refractivity contribution in [1.82, 2.24) is 9.80 Å². The second-order valence-corrected chi connectivity index (χ2v) is 6.08. The average Bonchev–Trinajstić information content (AvgIpc) is 2.74. The fourth-order valence-corrected chi connectivity index (χ4v) is 2.94. The maximum Gasteiger partial charge on any atom is 0.161 e. The van der Waals surface area contributed by atoms with Gasteiger partial charge in [-0.25, -0.2) is 0 Å². The Labute approximate surface area is 127 Å². The molecule has 0 radical (unpaired) electrons. The van der Waals surface area contributed by atoms with Crippen LogP contribution in [0.2, 0.25) is 0 Å². The molecule has 0 bridgehead atoms. The molecule has 0 aromatic heterocycles. The number of piperazine rings is 1. The lowest BCUT2D eigenvalue weighted by atomic mass is 10.1. The molecule has 0 saturated carbocycles. The molecular formula is C17H26N2O2. The number of hydrogen-bond donors (Lipinski definition) is 0. The largest absolute Gasteiger partial charge is 0.490 e. The van der Waals surface area contributed by atoms with E-state index in [1.54, 1.807) is 0 Å². The number of aryl methyl sites for hydroxylation is 1. The smallest absolute Gasteiger partial charge is 0.161 e. The Hall–Kier alpha value is -1.26. The van der Waals surface area contributed by atoms with E-state index in [1.165, 1.54) is 44.7 Å². The summed E-state index contributed by atoms with van der Waals surface area (Å²) in [6, 6.07) is 6.40. The highest BCUT2D eigenvalue weighted by Gasteiger charge is 2.14. The summed E-state index contributed by atoms with van der Waals surface area (Å²) in [6.45, 7) is 7.53. The maximum atomic E-state index is 5.76. The van der Waals surface area contributed by atoms with Crippen molar-refractivity contribution in [2.75, 3.05) is 53.0 Å². The van der Waals surface area contributed by atoms with E-state index in [9.17, 15) is 0 Å². The molecule has 0 aliphatic carbocycles. The molecule has 0 atom stereocenters. The Morgan fingerprint density at radius 3 is 2.57 bits per heavy atom. The van der Waals surface area contributed by atoms with Crippen LogP contribution in [0.25, 0.3) is 0 Å². The van der Waals surface area contributed by atoms with Gasteiger partial charge in [0, 0.05) is 32.6 Å². The number of rotatable bonds is 4. The van der Waals surface area contributed by atoms with E-state index in [-0.39, 0.29) is 0 Å². The fraction of sp³-hybridized carbons (Fsp3) is 0.647. The van der Waals surface area contributed by atoms with Gasteiger partial charge >= 0.3 is 0 Å². The molecule has 0 spiro atoms. The zero-order valence-electron chi connectivity index (χ0n) is 13.0. The first-order valence-corrected chi connectivity index (χ1v) is 8.11. The van der Waals surface area contributed by atoms with Crippen LogP contribution in [-0.2, 0) is 6.42 Å². The van der Waals surface area contributed by atoms with Gasteiger partial charge in [-0.2, -0.15) is 0 Å². The van der Waals surface area contributed by atoms with Gasteiger partial charge in [-0.15, -0.1) is 0 Å². The molecule has 0 N–H and O–H groups in total. The molecular weight excluding hydrogens is 264 g/mol. The van der Waals surface area contributed by atoms with Gasteiger partial charge in [0.25, 0.3) is 0 Å². The number of likely N-dealkylation sites (N-methyl/N-ethyl adjacent to an activating group) is 1. The molecule has 2 heterocycles. The molecule has 1 saturated heterocycles. The van der Waals surface area contributed by atoms with E-state index in [1.807, 2.05) is 0 Å². The van der Waals surface area contributed by atoms with Crippen molar-refractivity contribution in [3.8, 4) is 11.5 Å². The topological polar surface area (TPSA) is 24.9 Å². The SMILES string of the molecule is CN1CCN(CCCc2ccc3c(c2)OCCCO3)CC1. The third-order valence-corrected chi connectivity index (χ3v) is 4.35. The van der Waals surface area contributed by atoms with Crippen molar-refractivity contribution in [3.05, 3.63) is 23.8 Å².